The highest BCUT2D eigenvalue weighted by molar-refractivity contribution is 6.31. The predicted molar refractivity (Wildman–Crippen MR) is 69.6 cm³/mol. The fraction of sp³-hybridized carbons (Fsp3) is 0.571. The summed E-state index contributed by atoms with van der Waals surface area (Å²) in [5, 5.41) is 0.811. The molecule has 2 heteroatoms. The number of nitrogens with two attached hydrogens (primary N) is 1. The smallest absolute Gasteiger partial charge is 0.0453 e. The van der Waals surface area contributed by atoms with Gasteiger partial charge >= 0.3 is 0 Å². The van der Waals surface area contributed by atoms with Crippen molar-refractivity contribution in [2.24, 2.45) is 11.7 Å². The molecule has 0 aliphatic heterocycles. The Bertz CT molecular complexity index is 331. The van der Waals surface area contributed by atoms with Crippen molar-refractivity contribution >= 4 is 11.6 Å². The molecule has 2 N–H and O–H groups in total. The Hall–Kier alpha value is -0.530. The molecule has 0 spiro atoms. The molecule has 1 aromatic carbocycles. The molecule has 1 aromatic rings. The van der Waals surface area contributed by atoms with Crippen LogP contribution in [0, 0.1) is 5.92 Å². The van der Waals surface area contributed by atoms with Gasteiger partial charge in [-0.05, 0) is 24.0 Å². The van der Waals surface area contributed by atoms with Crippen LogP contribution in [-0.4, -0.2) is 0 Å². The summed E-state index contributed by atoms with van der Waals surface area (Å²) < 4.78 is 0. The minimum atomic E-state index is 0.108. The van der Waals surface area contributed by atoms with Crippen LogP contribution in [0.1, 0.15) is 50.1 Å². The number of hydrogen-bond acceptors (Lipinski definition) is 1. The summed E-state index contributed by atoms with van der Waals surface area (Å²) >= 11 is 6.16. The zero-order valence-corrected chi connectivity index (χ0v) is 10.4. The standard InChI is InChI=1S/C14H20ClN/c15-13-9-5-4-8-12(13)14(16)10-11-6-2-1-3-7-11/h4-5,8-9,11,14H,1-3,6-7,10,16H2. The Morgan fingerprint density at radius 2 is 1.88 bits per heavy atom. The summed E-state index contributed by atoms with van der Waals surface area (Å²) in [4.78, 5) is 0. The van der Waals surface area contributed by atoms with Crippen molar-refractivity contribution in [1.29, 1.82) is 0 Å². The molecule has 1 unspecified atom stereocenters. The lowest BCUT2D eigenvalue weighted by Crippen LogP contribution is -2.17. The maximum atomic E-state index is 6.24. The highest BCUT2D eigenvalue weighted by Crippen LogP contribution is 2.32. The van der Waals surface area contributed by atoms with Crippen molar-refractivity contribution in [3.63, 3.8) is 0 Å². The summed E-state index contributed by atoms with van der Waals surface area (Å²) in [6.45, 7) is 0. The van der Waals surface area contributed by atoms with Gasteiger partial charge in [-0.15, -0.1) is 0 Å². The second-order valence-electron chi connectivity index (χ2n) is 4.87. The van der Waals surface area contributed by atoms with Gasteiger partial charge in [0.2, 0.25) is 0 Å². The van der Waals surface area contributed by atoms with Gasteiger partial charge in [-0.3, -0.25) is 0 Å². The van der Waals surface area contributed by atoms with Gasteiger partial charge in [-0.1, -0.05) is 61.9 Å². The molecular weight excluding hydrogens is 218 g/mol. The molecule has 1 nitrogen and oxygen atoms in total. The van der Waals surface area contributed by atoms with E-state index in [-0.39, 0.29) is 6.04 Å². The molecule has 0 saturated heterocycles. The van der Waals surface area contributed by atoms with E-state index in [9.17, 15) is 0 Å². The van der Waals surface area contributed by atoms with E-state index in [1.165, 1.54) is 32.1 Å². The zero-order valence-electron chi connectivity index (χ0n) is 9.66. The highest BCUT2D eigenvalue weighted by atomic mass is 35.5. The minimum absolute atomic E-state index is 0.108. The quantitative estimate of drug-likeness (QED) is 0.833. The number of benzene rings is 1. The third-order valence-corrected chi connectivity index (χ3v) is 3.96. The fourth-order valence-electron chi connectivity index (χ4n) is 2.68. The van der Waals surface area contributed by atoms with Crippen LogP contribution < -0.4 is 5.73 Å². The van der Waals surface area contributed by atoms with Crippen molar-refractivity contribution < 1.29 is 0 Å². The molecule has 0 aromatic heterocycles. The largest absolute Gasteiger partial charge is 0.324 e. The molecule has 16 heavy (non-hydrogen) atoms. The first-order chi connectivity index (χ1) is 7.77. The van der Waals surface area contributed by atoms with E-state index in [4.69, 9.17) is 17.3 Å². The van der Waals surface area contributed by atoms with Crippen LogP contribution in [0.2, 0.25) is 5.02 Å². The summed E-state index contributed by atoms with van der Waals surface area (Å²) in [6, 6.07) is 8.06. The van der Waals surface area contributed by atoms with Crippen LogP contribution in [0.15, 0.2) is 24.3 Å². The molecule has 2 rings (SSSR count). The molecule has 1 fully saturated rings. The van der Waals surface area contributed by atoms with E-state index < -0.39 is 0 Å². The lowest BCUT2D eigenvalue weighted by Gasteiger charge is -2.25. The van der Waals surface area contributed by atoms with Gasteiger partial charge in [0.1, 0.15) is 0 Å². The van der Waals surface area contributed by atoms with Crippen LogP contribution >= 0.6 is 11.6 Å². The average Bonchev–Trinajstić information content (AvgIpc) is 2.31. The first-order valence-electron chi connectivity index (χ1n) is 6.27. The van der Waals surface area contributed by atoms with E-state index in [1.54, 1.807) is 0 Å². The van der Waals surface area contributed by atoms with Gasteiger partial charge in [0.25, 0.3) is 0 Å². The Kier molecular flexibility index (Phi) is 4.25. The number of rotatable bonds is 3. The van der Waals surface area contributed by atoms with Crippen molar-refractivity contribution in [1.82, 2.24) is 0 Å². The van der Waals surface area contributed by atoms with Gasteiger partial charge in [0, 0.05) is 11.1 Å². The van der Waals surface area contributed by atoms with E-state index in [1.807, 2.05) is 18.2 Å². The van der Waals surface area contributed by atoms with Crippen molar-refractivity contribution in [3.8, 4) is 0 Å². The van der Waals surface area contributed by atoms with Crippen LogP contribution in [0.25, 0.3) is 0 Å². The van der Waals surface area contributed by atoms with E-state index in [0.29, 0.717) is 0 Å². The lowest BCUT2D eigenvalue weighted by molar-refractivity contribution is 0.319. The van der Waals surface area contributed by atoms with Crippen LogP contribution in [0.4, 0.5) is 0 Å². The molecule has 0 bridgehead atoms. The molecule has 88 valence electrons. The van der Waals surface area contributed by atoms with Gasteiger partial charge < -0.3 is 5.73 Å². The lowest BCUT2D eigenvalue weighted by atomic mass is 9.83. The van der Waals surface area contributed by atoms with Crippen molar-refractivity contribution in [2.75, 3.05) is 0 Å². The first-order valence-corrected chi connectivity index (χ1v) is 6.65. The van der Waals surface area contributed by atoms with Crippen LogP contribution in [0.3, 0.4) is 0 Å². The van der Waals surface area contributed by atoms with Crippen molar-refractivity contribution in [3.05, 3.63) is 34.9 Å². The topological polar surface area (TPSA) is 26.0 Å². The Morgan fingerprint density at radius 3 is 2.56 bits per heavy atom. The van der Waals surface area contributed by atoms with Gasteiger partial charge in [-0.2, -0.15) is 0 Å². The maximum Gasteiger partial charge on any atom is 0.0453 e. The summed E-state index contributed by atoms with van der Waals surface area (Å²) in [5.74, 6) is 0.806. The Labute approximate surface area is 103 Å². The molecule has 1 saturated carbocycles. The molecule has 1 atom stereocenters. The average molecular weight is 238 g/mol. The third-order valence-electron chi connectivity index (χ3n) is 3.62. The normalized spacial score (nSPS) is 19.6. The van der Waals surface area contributed by atoms with Crippen molar-refractivity contribution in [2.45, 2.75) is 44.6 Å². The van der Waals surface area contributed by atoms with Gasteiger partial charge in [0.15, 0.2) is 0 Å². The fourth-order valence-corrected chi connectivity index (χ4v) is 2.96. The van der Waals surface area contributed by atoms with Gasteiger partial charge in [0.05, 0.1) is 0 Å². The Morgan fingerprint density at radius 1 is 1.19 bits per heavy atom. The molecular formula is C14H20ClN. The molecule has 1 aliphatic rings. The third kappa shape index (κ3) is 2.99. The van der Waals surface area contributed by atoms with Crippen LogP contribution in [-0.2, 0) is 0 Å². The molecule has 0 amide bonds. The number of halogens is 1. The second-order valence-corrected chi connectivity index (χ2v) is 5.27. The van der Waals surface area contributed by atoms with Gasteiger partial charge in [-0.25, -0.2) is 0 Å². The zero-order chi connectivity index (χ0) is 11.4. The summed E-state index contributed by atoms with van der Waals surface area (Å²) in [6.07, 6.45) is 7.93. The molecule has 1 aliphatic carbocycles. The van der Waals surface area contributed by atoms with Crippen LogP contribution in [0.5, 0.6) is 0 Å². The maximum absolute atomic E-state index is 6.24. The van der Waals surface area contributed by atoms with E-state index in [2.05, 4.69) is 6.07 Å². The van der Waals surface area contributed by atoms with E-state index >= 15 is 0 Å². The molecule has 0 heterocycles. The molecule has 0 radical (unpaired) electrons. The summed E-state index contributed by atoms with van der Waals surface area (Å²) in [5.41, 5.74) is 7.35. The first kappa shape index (κ1) is 11.9. The second kappa shape index (κ2) is 5.70. The predicted octanol–water partition coefficient (Wildman–Crippen LogP) is 4.31. The SMILES string of the molecule is NC(CC1CCCCC1)c1ccccc1Cl. The Balaban J connectivity index is 1.96. The monoisotopic (exact) mass is 237 g/mol. The summed E-state index contributed by atoms with van der Waals surface area (Å²) in [7, 11) is 0. The number of hydrogen-bond donors (Lipinski definition) is 1. The van der Waals surface area contributed by atoms with E-state index in [0.717, 1.165) is 22.9 Å². The highest BCUT2D eigenvalue weighted by Gasteiger charge is 2.18. The minimum Gasteiger partial charge on any atom is -0.324 e.